The number of benzene rings is 2. The molecule has 0 saturated heterocycles. The van der Waals surface area contributed by atoms with Gasteiger partial charge in [-0.3, -0.25) is 14.4 Å². The van der Waals surface area contributed by atoms with Crippen molar-refractivity contribution in [2.75, 3.05) is 16.2 Å². The number of sulfonamides is 1. The third kappa shape index (κ3) is 4.28. The van der Waals surface area contributed by atoms with Gasteiger partial charge in [-0.05, 0) is 55.7 Å². The number of halogens is 1. The minimum Gasteiger partial charge on any atom is -0.482 e. The fourth-order valence-electron chi connectivity index (χ4n) is 3.72. The van der Waals surface area contributed by atoms with Crippen LogP contribution >= 0.6 is 11.6 Å². The number of hydrogen-bond donors (Lipinski definition) is 1. The Morgan fingerprint density at radius 1 is 1.21 bits per heavy atom. The number of aryl methyl sites for hydroxylation is 1. The van der Waals surface area contributed by atoms with Crippen molar-refractivity contribution < 1.29 is 22.5 Å². The molecular weight excluding hydrogens is 468 g/mol. The van der Waals surface area contributed by atoms with Crippen LogP contribution in [-0.2, 0) is 21.4 Å². The first kappa shape index (κ1) is 21.7. The lowest BCUT2D eigenvalue weighted by Crippen LogP contribution is -2.38. The van der Waals surface area contributed by atoms with Gasteiger partial charge < -0.3 is 9.26 Å². The third-order valence-corrected chi connectivity index (χ3v) is 7.47. The molecule has 1 aliphatic carbocycles. The van der Waals surface area contributed by atoms with Gasteiger partial charge in [0.1, 0.15) is 5.75 Å². The Bertz CT molecular complexity index is 1340. The minimum atomic E-state index is -3.98. The van der Waals surface area contributed by atoms with Crippen molar-refractivity contribution in [3.05, 3.63) is 58.7 Å². The van der Waals surface area contributed by atoms with Crippen LogP contribution in [0.15, 0.2) is 45.8 Å². The first-order valence-electron chi connectivity index (χ1n) is 10.5. The predicted molar refractivity (Wildman–Crippen MR) is 121 cm³/mol. The Labute approximate surface area is 195 Å². The number of nitrogens with zero attached hydrogens (tertiary/aromatic N) is 3. The van der Waals surface area contributed by atoms with E-state index in [1.165, 1.54) is 23.1 Å². The van der Waals surface area contributed by atoms with Gasteiger partial charge in [-0.15, -0.1) is 0 Å². The van der Waals surface area contributed by atoms with Gasteiger partial charge in [0.05, 0.1) is 27.8 Å². The minimum absolute atomic E-state index is 0.0375. The molecular formula is C22H21ClN4O5S. The van der Waals surface area contributed by atoms with Gasteiger partial charge in [0.25, 0.3) is 15.9 Å². The molecule has 33 heavy (non-hydrogen) atoms. The van der Waals surface area contributed by atoms with Crippen LogP contribution in [0, 0.1) is 6.92 Å². The van der Waals surface area contributed by atoms with Gasteiger partial charge in [0.15, 0.2) is 12.4 Å². The highest BCUT2D eigenvalue weighted by Gasteiger charge is 2.31. The topological polar surface area (TPSA) is 115 Å². The van der Waals surface area contributed by atoms with E-state index in [0.29, 0.717) is 23.2 Å². The Morgan fingerprint density at radius 3 is 2.76 bits per heavy atom. The van der Waals surface area contributed by atoms with Crippen LogP contribution in [0.4, 0.5) is 11.4 Å². The fourth-order valence-corrected chi connectivity index (χ4v) is 5.16. The van der Waals surface area contributed by atoms with Gasteiger partial charge in [-0.1, -0.05) is 29.2 Å². The molecule has 1 aromatic heterocycles. The molecule has 1 aliphatic heterocycles. The van der Waals surface area contributed by atoms with Crippen molar-refractivity contribution in [2.24, 2.45) is 0 Å². The molecule has 11 heteroatoms. The molecule has 0 bridgehead atoms. The molecule has 2 aliphatic rings. The molecule has 172 valence electrons. The Kier molecular flexibility index (Phi) is 5.49. The zero-order chi connectivity index (χ0) is 23.2. The molecule has 1 saturated carbocycles. The van der Waals surface area contributed by atoms with Gasteiger partial charge in [-0.2, -0.15) is 4.98 Å². The van der Waals surface area contributed by atoms with E-state index in [4.69, 9.17) is 20.9 Å². The zero-order valence-corrected chi connectivity index (χ0v) is 19.3. The van der Waals surface area contributed by atoms with Gasteiger partial charge in [0, 0.05) is 5.92 Å². The maximum atomic E-state index is 13.0. The standard InChI is InChI=1S/C22H21ClN4O5S/c1-13-5-7-17(16(23)9-13)26-33(29,30)15-6-8-19-18(10-15)27(21(28)12-31-19)11-20-24-22(32-25-20)14-3-2-4-14/h5-10,14,26H,2-4,11-12H2,1H3. The lowest BCUT2D eigenvalue weighted by Gasteiger charge is -2.28. The summed E-state index contributed by atoms with van der Waals surface area (Å²) in [4.78, 5) is 18.4. The third-order valence-electron chi connectivity index (χ3n) is 5.79. The molecule has 0 spiro atoms. The molecule has 0 unspecified atom stereocenters. The van der Waals surface area contributed by atoms with Crippen molar-refractivity contribution >= 4 is 38.9 Å². The number of aromatic nitrogens is 2. The van der Waals surface area contributed by atoms with Crippen molar-refractivity contribution in [3.8, 4) is 5.75 Å². The maximum absolute atomic E-state index is 13.0. The summed E-state index contributed by atoms with van der Waals surface area (Å²) in [7, 11) is -3.98. The van der Waals surface area contributed by atoms with E-state index in [2.05, 4.69) is 14.9 Å². The molecule has 2 aromatic carbocycles. The van der Waals surface area contributed by atoms with E-state index in [0.717, 1.165) is 24.8 Å². The van der Waals surface area contributed by atoms with Crippen LogP contribution in [0.2, 0.25) is 5.02 Å². The molecule has 9 nitrogen and oxygen atoms in total. The normalized spacial score (nSPS) is 16.2. The van der Waals surface area contributed by atoms with Crippen LogP contribution in [0.25, 0.3) is 0 Å². The number of nitrogens with one attached hydrogen (secondary N) is 1. The molecule has 0 atom stereocenters. The van der Waals surface area contributed by atoms with Crippen molar-refractivity contribution in [3.63, 3.8) is 0 Å². The molecule has 1 N–H and O–H groups in total. The molecule has 5 rings (SSSR count). The summed E-state index contributed by atoms with van der Waals surface area (Å²) >= 11 is 6.19. The number of anilines is 2. The molecule has 0 radical (unpaired) electrons. The van der Waals surface area contributed by atoms with Crippen molar-refractivity contribution in [1.82, 2.24) is 10.1 Å². The largest absolute Gasteiger partial charge is 0.482 e. The van der Waals surface area contributed by atoms with E-state index in [-0.39, 0.29) is 40.6 Å². The number of rotatable bonds is 6. The van der Waals surface area contributed by atoms with E-state index >= 15 is 0 Å². The lowest BCUT2D eigenvalue weighted by molar-refractivity contribution is -0.121. The summed E-state index contributed by atoms with van der Waals surface area (Å²) in [6.07, 6.45) is 3.16. The first-order chi connectivity index (χ1) is 15.8. The second-order valence-corrected chi connectivity index (χ2v) is 10.3. The Morgan fingerprint density at radius 2 is 2.03 bits per heavy atom. The van der Waals surface area contributed by atoms with Crippen molar-refractivity contribution in [1.29, 1.82) is 0 Å². The second-order valence-electron chi connectivity index (χ2n) is 8.16. The second kappa shape index (κ2) is 8.35. The molecule has 3 aromatic rings. The van der Waals surface area contributed by atoms with E-state index in [9.17, 15) is 13.2 Å². The summed E-state index contributed by atoms with van der Waals surface area (Å²) in [6.45, 7) is 1.74. The Hall–Kier alpha value is -3.11. The smallest absolute Gasteiger partial charge is 0.265 e. The fraction of sp³-hybridized carbons (Fsp3) is 0.318. The first-order valence-corrected chi connectivity index (χ1v) is 12.3. The highest BCUT2D eigenvalue weighted by Crippen LogP contribution is 2.37. The lowest BCUT2D eigenvalue weighted by atomic mass is 9.85. The molecule has 1 amide bonds. The van der Waals surface area contributed by atoms with Gasteiger partial charge in [0.2, 0.25) is 5.89 Å². The summed E-state index contributed by atoms with van der Waals surface area (Å²) in [5.74, 6) is 1.27. The highest BCUT2D eigenvalue weighted by atomic mass is 35.5. The molecule has 2 heterocycles. The van der Waals surface area contributed by atoms with Gasteiger partial charge >= 0.3 is 0 Å². The number of ether oxygens (including phenoxy) is 1. The van der Waals surface area contributed by atoms with Crippen LogP contribution in [0.1, 0.15) is 42.5 Å². The zero-order valence-electron chi connectivity index (χ0n) is 17.7. The average molecular weight is 489 g/mol. The van der Waals surface area contributed by atoms with Crippen LogP contribution in [-0.4, -0.2) is 31.1 Å². The quantitative estimate of drug-likeness (QED) is 0.557. The van der Waals surface area contributed by atoms with E-state index in [1.54, 1.807) is 18.2 Å². The van der Waals surface area contributed by atoms with Crippen LogP contribution in [0.5, 0.6) is 5.75 Å². The predicted octanol–water partition coefficient (Wildman–Crippen LogP) is 4.03. The summed E-state index contributed by atoms with van der Waals surface area (Å²) < 4.78 is 39.4. The summed E-state index contributed by atoms with van der Waals surface area (Å²) in [6, 6.07) is 9.36. The monoisotopic (exact) mass is 488 g/mol. The van der Waals surface area contributed by atoms with Crippen molar-refractivity contribution in [2.45, 2.75) is 43.5 Å². The Balaban J connectivity index is 1.43. The maximum Gasteiger partial charge on any atom is 0.265 e. The number of carbonyl (C=O) groups excluding carboxylic acids is 1. The summed E-state index contributed by atoms with van der Waals surface area (Å²) in [5.41, 5.74) is 1.49. The number of carbonyl (C=O) groups is 1. The van der Waals surface area contributed by atoms with Crippen LogP contribution in [0.3, 0.4) is 0 Å². The highest BCUT2D eigenvalue weighted by molar-refractivity contribution is 7.92. The van der Waals surface area contributed by atoms with Crippen LogP contribution < -0.4 is 14.4 Å². The number of fused-ring (bicyclic) bond motifs is 1. The van der Waals surface area contributed by atoms with Gasteiger partial charge in [-0.25, -0.2) is 8.42 Å². The number of amides is 1. The van der Waals surface area contributed by atoms with E-state index in [1.807, 2.05) is 6.92 Å². The molecule has 1 fully saturated rings. The number of hydrogen-bond acceptors (Lipinski definition) is 7. The average Bonchev–Trinajstić information content (AvgIpc) is 3.18. The SMILES string of the molecule is Cc1ccc(NS(=O)(=O)c2ccc3c(c2)N(Cc2noc(C4CCC4)n2)C(=O)CO3)c(Cl)c1. The summed E-state index contributed by atoms with van der Waals surface area (Å²) in [5, 5.41) is 4.29. The van der Waals surface area contributed by atoms with E-state index < -0.39 is 10.0 Å².